The highest BCUT2D eigenvalue weighted by Crippen LogP contribution is 2.19. The van der Waals surface area contributed by atoms with Crippen molar-refractivity contribution in [1.29, 1.82) is 0 Å². The van der Waals surface area contributed by atoms with Gasteiger partial charge in [0.1, 0.15) is 6.54 Å². The Labute approximate surface area is 136 Å². The standard InChI is InChI=1S/C15H21ClN2O2S/c1-3-4-5-8-20-14(19)10-17-15(21)18-13-7-6-12(16)9-11(13)2/h6-7,9H,3-5,8,10H2,1-2H3,(H2,17,18,21). The van der Waals surface area contributed by atoms with Crippen molar-refractivity contribution in [3.05, 3.63) is 28.8 Å². The summed E-state index contributed by atoms with van der Waals surface area (Å²) in [6, 6.07) is 5.46. The molecular weight excluding hydrogens is 308 g/mol. The first kappa shape index (κ1) is 17.7. The third-order valence-electron chi connectivity index (χ3n) is 2.84. The molecule has 1 rings (SSSR count). The zero-order valence-electron chi connectivity index (χ0n) is 12.4. The monoisotopic (exact) mass is 328 g/mol. The van der Waals surface area contributed by atoms with Gasteiger partial charge in [0.25, 0.3) is 0 Å². The number of thiocarbonyl (C=S) groups is 1. The zero-order chi connectivity index (χ0) is 15.7. The maximum absolute atomic E-state index is 11.5. The summed E-state index contributed by atoms with van der Waals surface area (Å²) < 4.78 is 5.08. The molecule has 0 aliphatic heterocycles. The van der Waals surface area contributed by atoms with E-state index >= 15 is 0 Å². The Morgan fingerprint density at radius 1 is 1.38 bits per heavy atom. The van der Waals surface area contributed by atoms with E-state index in [4.69, 9.17) is 28.6 Å². The Morgan fingerprint density at radius 2 is 2.14 bits per heavy atom. The Hall–Kier alpha value is -1.33. The van der Waals surface area contributed by atoms with E-state index in [1.54, 1.807) is 6.07 Å². The number of nitrogens with one attached hydrogen (secondary N) is 2. The summed E-state index contributed by atoms with van der Waals surface area (Å²) in [5, 5.41) is 6.90. The summed E-state index contributed by atoms with van der Waals surface area (Å²) in [5.41, 5.74) is 1.84. The van der Waals surface area contributed by atoms with Crippen LogP contribution in [-0.2, 0) is 9.53 Å². The van der Waals surface area contributed by atoms with Gasteiger partial charge in [0.05, 0.1) is 6.61 Å². The van der Waals surface area contributed by atoms with Gasteiger partial charge in [-0.1, -0.05) is 31.4 Å². The van der Waals surface area contributed by atoms with Crippen LogP contribution in [-0.4, -0.2) is 24.2 Å². The van der Waals surface area contributed by atoms with E-state index in [-0.39, 0.29) is 12.5 Å². The number of esters is 1. The smallest absolute Gasteiger partial charge is 0.325 e. The van der Waals surface area contributed by atoms with Crippen LogP contribution in [0.15, 0.2) is 18.2 Å². The minimum Gasteiger partial charge on any atom is -0.464 e. The van der Waals surface area contributed by atoms with Crippen molar-refractivity contribution >= 4 is 40.6 Å². The number of carbonyl (C=O) groups is 1. The second kappa shape index (κ2) is 9.58. The molecule has 0 aliphatic carbocycles. The van der Waals surface area contributed by atoms with E-state index in [9.17, 15) is 4.79 Å². The molecular formula is C15H21ClN2O2S. The van der Waals surface area contributed by atoms with Gasteiger partial charge in [0.2, 0.25) is 0 Å². The van der Waals surface area contributed by atoms with Gasteiger partial charge in [0, 0.05) is 10.7 Å². The molecule has 1 aromatic rings. The fourth-order valence-corrected chi connectivity index (χ4v) is 2.08. The van der Waals surface area contributed by atoms with Crippen molar-refractivity contribution in [3.63, 3.8) is 0 Å². The van der Waals surface area contributed by atoms with Gasteiger partial charge in [-0.3, -0.25) is 4.79 Å². The molecule has 4 nitrogen and oxygen atoms in total. The number of carbonyl (C=O) groups excluding carboxylic acids is 1. The number of hydrogen-bond donors (Lipinski definition) is 2. The van der Waals surface area contributed by atoms with Crippen LogP contribution >= 0.6 is 23.8 Å². The number of rotatable bonds is 7. The maximum atomic E-state index is 11.5. The summed E-state index contributed by atoms with van der Waals surface area (Å²) in [5.74, 6) is -0.303. The van der Waals surface area contributed by atoms with Gasteiger partial charge in [-0.2, -0.15) is 0 Å². The Morgan fingerprint density at radius 3 is 2.81 bits per heavy atom. The van der Waals surface area contributed by atoms with Crippen LogP contribution in [0.3, 0.4) is 0 Å². The normalized spacial score (nSPS) is 10.0. The van der Waals surface area contributed by atoms with Crippen molar-refractivity contribution in [2.24, 2.45) is 0 Å². The molecule has 0 radical (unpaired) electrons. The molecule has 0 bridgehead atoms. The molecule has 0 aliphatic rings. The van der Waals surface area contributed by atoms with Gasteiger partial charge in [-0.25, -0.2) is 0 Å². The van der Waals surface area contributed by atoms with E-state index in [0.717, 1.165) is 30.5 Å². The van der Waals surface area contributed by atoms with Crippen LogP contribution in [0.1, 0.15) is 31.7 Å². The first-order valence-electron chi connectivity index (χ1n) is 6.99. The van der Waals surface area contributed by atoms with Gasteiger partial charge < -0.3 is 15.4 Å². The summed E-state index contributed by atoms with van der Waals surface area (Å²) in [6.07, 6.45) is 3.07. The molecule has 0 saturated heterocycles. The van der Waals surface area contributed by atoms with Crippen LogP contribution in [0.5, 0.6) is 0 Å². The number of hydrogen-bond acceptors (Lipinski definition) is 3. The van der Waals surface area contributed by atoms with Crippen molar-refractivity contribution in [3.8, 4) is 0 Å². The van der Waals surface area contributed by atoms with E-state index in [0.29, 0.717) is 16.7 Å². The summed E-state index contributed by atoms with van der Waals surface area (Å²) in [4.78, 5) is 11.5. The molecule has 116 valence electrons. The van der Waals surface area contributed by atoms with Crippen LogP contribution in [0.2, 0.25) is 5.02 Å². The fraction of sp³-hybridized carbons (Fsp3) is 0.467. The first-order valence-corrected chi connectivity index (χ1v) is 7.78. The molecule has 0 unspecified atom stereocenters. The molecule has 21 heavy (non-hydrogen) atoms. The van der Waals surface area contributed by atoms with Gasteiger partial charge in [0.15, 0.2) is 5.11 Å². The summed E-state index contributed by atoms with van der Waals surface area (Å²) in [7, 11) is 0. The van der Waals surface area contributed by atoms with Crippen LogP contribution in [0.25, 0.3) is 0 Å². The minimum atomic E-state index is -0.303. The maximum Gasteiger partial charge on any atom is 0.325 e. The van der Waals surface area contributed by atoms with Crippen molar-refractivity contribution < 1.29 is 9.53 Å². The Bertz CT molecular complexity index is 495. The topological polar surface area (TPSA) is 50.4 Å². The average Bonchev–Trinajstić information content (AvgIpc) is 2.44. The van der Waals surface area contributed by atoms with Crippen LogP contribution in [0.4, 0.5) is 5.69 Å². The molecule has 0 saturated carbocycles. The molecule has 1 aromatic carbocycles. The van der Waals surface area contributed by atoms with E-state index < -0.39 is 0 Å². The molecule has 0 heterocycles. The fourth-order valence-electron chi connectivity index (χ4n) is 1.68. The van der Waals surface area contributed by atoms with E-state index in [2.05, 4.69) is 17.6 Å². The largest absolute Gasteiger partial charge is 0.464 e. The van der Waals surface area contributed by atoms with E-state index in [1.807, 2.05) is 19.1 Å². The molecule has 0 fully saturated rings. The SMILES string of the molecule is CCCCCOC(=O)CNC(=S)Nc1ccc(Cl)cc1C. The van der Waals surface area contributed by atoms with Gasteiger partial charge in [-0.05, 0) is 49.3 Å². The highest BCUT2D eigenvalue weighted by molar-refractivity contribution is 7.80. The Balaban J connectivity index is 2.29. The molecule has 0 atom stereocenters. The van der Waals surface area contributed by atoms with Crippen LogP contribution in [0, 0.1) is 6.92 Å². The second-order valence-electron chi connectivity index (χ2n) is 4.69. The number of benzene rings is 1. The average molecular weight is 329 g/mol. The predicted octanol–water partition coefficient (Wildman–Crippen LogP) is 3.67. The van der Waals surface area contributed by atoms with Gasteiger partial charge >= 0.3 is 5.97 Å². The highest BCUT2D eigenvalue weighted by atomic mass is 35.5. The molecule has 6 heteroatoms. The number of anilines is 1. The number of aryl methyl sites for hydroxylation is 1. The van der Waals surface area contributed by atoms with Crippen molar-refractivity contribution in [1.82, 2.24) is 5.32 Å². The summed E-state index contributed by atoms with van der Waals surface area (Å²) in [6.45, 7) is 4.56. The molecule has 0 spiro atoms. The summed E-state index contributed by atoms with van der Waals surface area (Å²) >= 11 is 11.0. The van der Waals surface area contributed by atoms with E-state index in [1.165, 1.54) is 0 Å². The second-order valence-corrected chi connectivity index (χ2v) is 5.54. The molecule has 0 aromatic heterocycles. The van der Waals surface area contributed by atoms with Crippen molar-refractivity contribution in [2.75, 3.05) is 18.5 Å². The lowest BCUT2D eigenvalue weighted by atomic mass is 10.2. The predicted molar refractivity (Wildman–Crippen MR) is 90.9 cm³/mol. The number of halogens is 1. The minimum absolute atomic E-state index is 0.0601. The third kappa shape index (κ3) is 7.29. The lowest BCUT2D eigenvalue weighted by Crippen LogP contribution is -2.34. The highest BCUT2D eigenvalue weighted by Gasteiger charge is 2.05. The lowest BCUT2D eigenvalue weighted by Gasteiger charge is -2.12. The third-order valence-corrected chi connectivity index (χ3v) is 3.32. The van der Waals surface area contributed by atoms with Crippen molar-refractivity contribution in [2.45, 2.75) is 33.1 Å². The zero-order valence-corrected chi connectivity index (χ0v) is 13.9. The quantitative estimate of drug-likeness (QED) is 0.454. The van der Waals surface area contributed by atoms with Crippen LogP contribution < -0.4 is 10.6 Å². The molecule has 2 N–H and O–H groups in total. The lowest BCUT2D eigenvalue weighted by molar-refractivity contribution is -0.142. The first-order chi connectivity index (χ1) is 10.0. The Kier molecular flexibility index (Phi) is 8.08. The molecule has 0 amide bonds. The van der Waals surface area contributed by atoms with Gasteiger partial charge in [-0.15, -0.1) is 0 Å². The number of ether oxygens (including phenoxy) is 1. The number of unbranched alkanes of at least 4 members (excludes halogenated alkanes) is 2.